The van der Waals surface area contributed by atoms with Gasteiger partial charge in [-0.05, 0) is 29.8 Å². The Morgan fingerprint density at radius 1 is 1.27 bits per heavy atom. The quantitative estimate of drug-likeness (QED) is 0.546. The van der Waals surface area contributed by atoms with E-state index in [9.17, 15) is 0 Å². The molecular weight excluding hydrogens is 142 g/mol. The number of benzene rings is 1. The molecule has 0 saturated heterocycles. The third-order valence-corrected chi connectivity index (χ3v) is 1.37. The van der Waals surface area contributed by atoms with Crippen molar-refractivity contribution in [3.05, 3.63) is 29.8 Å². The lowest BCUT2D eigenvalue weighted by molar-refractivity contribution is 0.357. The first-order valence-electron chi connectivity index (χ1n) is 3.21. The van der Waals surface area contributed by atoms with Crippen molar-refractivity contribution < 1.29 is 10.2 Å². The summed E-state index contributed by atoms with van der Waals surface area (Å²) in [6.45, 7) is -0.273. The third-order valence-electron chi connectivity index (χ3n) is 1.37. The molecule has 3 heteroatoms. The summed E-state index contributed by atoms with van der Waals surface area (Å²) in [7, 11) is 0. The molecule has 1 aromatic carbocycles. The Kier molecular flexibility index (Phi) is 2.23. The van der Waals surface area contributed by atoms with Gasteiger partial charge in [0.1, 0.15) is 5.75 Å². The molecule has 1 rings (SSSR count). The van der Waals surface area contributed by atoms with E-state index in [4.69, 9.17) is 15.6 Å². The molecule has 58 valence electrons. The summed E-state index contributed by atoms with van der Waals surface area (Å²) in [6, 6.07) is 6.15. The molecule has 0 aromatic heterocycles. The van der Waals surface area contributed by atoms with Crippen LogP contribution in [-0.2, 0) is 0 Å². The van der Waals surface area contributed by atoms with E-state index in [0.29, 0.717) is 5.56 Å². The Labute approximate surface area is 64.4 Å². The van der Waals surface area contributed by atoms with E-state index in [2.05, 4.69) is 0 Å². The van der Waals surface area contributed by atoms with Crippen molar-refractivity contribution in [2.24, 2.45) is 0 Å². The van der Waals surface area contributed by atoms with Gasteiger partial charge in [-0.15, -0.1) is 0 Å². The molecule has 0 atom stereocenters. The SMILES string of the molecule is N=C(CO)c1ccc(O)cc1. The van der Waals surface area contributed by atoms with Crippen LogP contribution >= 0.6 is 0 Å². The summed E-state index contributed by atoms with van der Waals surface area (Å²) in [5, 5.41) is 24.7. The van der Waals surface area contributed by atoms with Crippen LogP contribution in [-0.4, -0.2) is 22.5 Å². The summed E-state index contributed by atoms with van der Waals surface area (Å²) < 4.78 is 0. The number of aromatic hydroxyl groups is 1. The second-order valence-electron chi connectivity index (χ2n) is 2.18. The zero-order chi connectivity index (χ0) is 8.27. The van der Waals surface area contributed by atoms with Crippen LogP contribution in [0, 0.1) is 5.41 Å². The maximum absolute atomic E-state index is 8.88. The summed E-state index contributed by atoms with van der Waals surface area (Å²) >= 11 is 0. The molecule has 11 heavy (non-hydrogen) atoms. The number of phenolic OH excluding ortho intramolecular Hbond substituents is 1. The molecule has 3 nitrogen and oxygen atoms in total. The molecule has 0 bridgehead atoms. The minimum atomic E-state index is -0.273. The molecule has 0 spiro atoms. The van der Waals surface area contributed by atoms with Crippen molar-refractivity contribution in [2.45, 2.75) is 0 Å². The lowest BCUT2D eigenvalue weighted by Gasteiger charge is -1.98. The van der Waals surface area contributed by atoms with E-state index in [0.717, 1.165) is 0 Å². The van der Waals surface area contributed by atoms with Gasteiger partial charge < -0.3 is 15.6 Å². The Morgan fingerprint density at radius 2 is 1.82 bits per heavy atom. The largest absolute Gasteiger partial charge is 0.508 e. The normalized spacial score (nSPS) is 9.55. The molecule has 3 N–H and O–H groups in total. The standard InChI is InChI=1S/C8H9NO2/c9-8(5-10)6-1-3-7(11)4-2-6/h1-4,9-11H,5H2. The van der Waals surface area contributed by atoms with Crippen LogP contribution in [0.1, 0.15) is 5.56 Å². The second-order valence-corrected chi connectivity index (χ2v) is 2.18. The molecule has 1 aromatic rings. The van der Waals surface area contributed by atoms with Gasteiger partial charge in [-0.3, -0.25) is 0 Å². The lowest BCUT2D eigenvalue weighted by Crippen LogP contribution is -2.03. The van der Waals surface area contributed by atoms with E-state index in [1.807, 2.05) is 0 Å². The molecule has 0 fully saturated rings. The van der Waals surface area contributed by atoms with Gasteiger partial charge in [-0.25, -0.2) is 0 Å². The predicted molar refractivity (Wildman–Crippen MR) is 42.0 cm³/mol. The van der Waals surface area contributed by atoms with E-state index >= 15 is 0 Å². The average Bonchev–Trinajstić information content (AvgIpc) is 2.05. The van der Waals surface area contributed by atoms with Crippen LogP contribution < -0.4 is 0 Å². The van der Waals surface area contributed by atoms with E-state index in [-0.39, 0.29) is 18.1 Å². The van der Waals surface area contributed by atoms with Crippen LogP contribution in [0.25, 0.3) is 0 Å². The molecular formula is C8H9NO2. The molecule has 0 amide bonds. The Hall–Kier alpha value is -1.35. The second kappa shape index (κ2) is 3.16. The average molecular weight is 151 g/mol. The highest BCUT2D eigenvalue weighted by molar-refractivity contribution is 5.99. The van der Waals surface area contributed by atoms with Crippen molar-refractivity contribution in [3.63, 3.8) is 0 Å². The first kappa shape index (κ1) is 7.75. The van der Waals surface area contributed by atoms with Crippen molar-refractivity contribution in [1.29, 1.82) is 5.41 Å². The van der Waals surface area contributed by atoms with Crippen LogP contribution in [0.3, 0.4) is 0 Å². The fraction of sp³-hybridized carbons (Fsp3) is 0.125. The molecule has 0 saturated carbocycles. The number of phenols is 1. The minimum Gasteiger partial charge on any atom is -0.508 e. The Morgan fingerprint density at radius 3 is 2.27 bits per heavy atom. The van der Waals surface area contributed by atoms with Gasteiger partial charge in [0, 0.05) is 0 Å². The van der Waals surface area contributed by atoms with Crippen LogP contribution in [0.5, 0.6) is 5.75 Å². The van der Waals surface area contributed by atoms with Gasteiger partial charge in [0.2, 0.25) is 0 Å². The van der Waals surface area contributed by atoms with Crippen LogP contribution in [0.2, 0.25) is 0 Å². The highest BCUT2D eigenvalue weighted by Crippen LogP contribution is 2.09. The minimum absolute atomic E-state index is 0.157. The molecule has 0 aliphatic rings. The number of hydrogen-bond acceptors (Lipinski definition) is 3. The number of hydrogen-bond donors (Lipinski definition) is 3. The number of aliphatic hydroxyl groups is 1. The van der Waals surface area contributed by atoms with Gasteiger partial charge in [0.15, 0.2) is 0 Å². The summed E-state index contributed by atoms with van der Waals surface area (Å²) in [5.74, 6) is 0.166. The maximum Gasteiger partial charge on any atom is 0.115 e. The summed E-state index contributed by atoms with van der Waals surface area (Å²) in [5.41, 5.74) is 0.787. The monoisotopic (exact) mass is 151 g/mol. The number of aliphatic hydroxyl groups excluding tert-OH is 1. The molecule has 0 aliphatic heterocycles. The van der Waals surface area contributed by atoms with Gasteiger partial charge in [-0.2, -0.15) is 0 Å². The molecule has 0 heterocycles. The van der Waals surface area contributed by atoms with Crippen LogP contribution in [0.15, 0.2) is 24.3 Å². The highest BCUT2D eigenvalue weighted by atomic mass is 16.3. The fourth-order valence-corrected chi connectivity index (χ4v) is 0.754. The van der Waals surface area contributed by atoms with Crippen molar-refractivity contribution in [2.75, 3.05) is 6.61 Å². The third kappa shape index (κ3) is 1.78. The van der Waals surface area contributed by atoms with E-state index in [1.165, 1.54) is 12.1 Å². The summed E-state index contributed by atoms with van der Waals surface area (Å²) in [6.07, 6.45) is 0. The van der Waals surface area contributed by atoms with E-state index in [1.54, 1.807) is 12.1 Å². The Balaban J connectivity index is 2.90. The first-order valence-corrected chi connectivity index (χ1v) is 3.21. The Bertz CT molecular complexity index is 253. The van der Waals surface area contributed by atoms with Gasteiger partial charge in [0.25, 0.3) is 0 Å². The van der Waals surface area contributed by atoms with Crippen molar-refractivity contribution >= 4 is 5.71 Å². The summed E-state index contributed by atoms with van der Waals surface area (Å²) in [4.78, 5) is 0. The zero-order valence-electron chi connectivity index (χ0n) is 5.91. The molecule has 0 aliphatic carbocycles. The topological polar surface area (TPSA) is 64.3 Å². The molecule has 0 radical (unpaired) electrons. The van der Waals surface area contributed by atoms with Gasteiger partial charge in [-0.1, -0.05) is 0 Å². The van der Waals surface area contributed by atoms with E-state index < -0.39 is 0 Å². The van der Waals surface area contributed by atoms with Crippen molar-refractivity contribution in [3.8, 4) is 5.75 Å². The molecule has 0 unspecified atom stereocenters. The van der Waals surface area contributed by atoms with Crippen molar-refractivity contribution in [1.82, 2.24) is 0 Å². The number of rotatable bonds is 2. The van der Waals surface area contributed by atoms with Gasteiger partial charge >= 0.3 is 0 Å². The van der Waals surface area contributed by atoms with Crippen LogP contribution in [0.4, 0.5) is 0 Å². The smallest absolute Gasteiger partial charge is 0.115 e. The van der Waals surface area contributed by atoms with Gasteiger partial charge in [0.05, 0.1) is 12.3 Å². The lowest BCUT2D eigenvalue weighted by atomic mass is 10.1. The predicted octanol–water partition coefficient (Wildman–Crippen LogP) is 0.752. The maximum atomic E-state index is 8.88. The zero-order valence-corrected chi connectivity index (χ0v) is 5.91. The highest BCUT2D eigenvalue weighted by Gasteiger charge is 1.97. The first-order chi connectivity index (χ1) is 5.24. The number of nitrogens with one attached hydrogen (secondary N) is 1. The fourth-order valence-electron chi connectivity index (χ4n) is 0.754.